The third kappa shape index (κ3) is 4.50. The summed E-state index contributed by atoms with van der Waals surface area (Å²) in [6, 6.07) is 14.2. The maximum Gasteiger partial charge on any atom is 0.164 e. The minimum atomic E-state index is -0.190. The molecule has 3 aromatic carbocycles. The van der Waals surface area contributed by atoms with Crippen LogP contribution in [0.25, 0.3) is 0 Å². The summed E-state index contributed by atoms with van der Waals surface area (Å²) in [4.78, 5) is 2.33. The average Bonchev–Trinajstić information content (AvgIpc) is 2.67. The van der Waals surface area contributed by atoms with Crippen LogP contribution in [-0.4, -0.2) is 11.4 Å². The van der Waals surface area contributed by atoms with Crippen LogP contribution in [0.3, 0.4) is 0 Å². The van der Waals surface area contributed by atoms with Crippen LogP contribution in [0.1, 0.15) is 22.3 Å². The maximum absolute atomic E-state index is 13.6. The quantitative estimate of drug-likeness (QED) is 0.488. The second kappa shape index (κ2) is 8.23. The summed E-state index contributed by atoms with van der Waals surface area (Å²) in [5.74, 6) is 0.901. The lowest BCUT2D eigenvalue weighted by Crippen LogP contribution is -2.30. The summed E-state index contributed by atoms with van der Waals surface area (Å²) in [5.41, 5.74) is 10.9. The van der Waals surface area contributed by atoms with Crippen LogP contribution in [0.2, 0.25) is 10.0 Å². The van der Waals surface area contributed by atoms with Gasteiger partial charge in [0.05, 0.1) is 10.0 Å². The second-order valence-corrected chi connectivity index (χ2v) is 8.19. The van der Waals surface area contributed by atoms with Crippen molar-refractivity contribution in [2.45, 2.75) is 26.4 Å². The molecule has 0 fully saturated rings. The molecule has 0 radical (unpaired) electrons. The highest BCUT2D eigenvalue weighted by atomic mass is 35.5. The molecule has 0 saturated carbocycles. The SMILES string of the molecule is Cc1ccc(F)cc1CN1CCc2cc(Oc3c(Cl)cc(N)cc3Cl)ccc2C1. The molecule has 0 saturated heterocycles. The van der Waals surface area contributed by atoms with Gasteiger partial charge in [0, 0.05) is 25.3 Å². The second-order valence-electron chi connectivity index (χ2n) is 7.38. The van der Waals surface area contributed by atoms with E-state index in [0.717, 1.165) is 37.2 Å². The van der Waals surface area contributed by atoms with Gasteiger partial charge in [-0.25, -0.2) is 4.39 Å². The van der Waals surface area contributed by atoms with Gasteiger partial charge in [-0.2, -0.15) is 0 Å². The molecular formula is C23H21Cl2FN2O. The Hall–Kier alpha value is -2.27. The van der Waals surface area contributed by atoms with E-state index in [-0.39, 0.29) is 5.82 Å². The van der Waals surface area contributed by atoms with E-state index in [1.165, 1.54) is 17.2 Å². The molecule has 0 bridgehead atoms. The number of hydrogen-bond donors (Lipinski definition) is 1. The topological polar surface area (TPSA) is 38.5 Å². The number of nitrogens with two attached hydrogens (primary N) is 1. The fraction of sp³-hybridized carbons (Fsp3) is 0.217. The largest absolute Gasteiger partial charge is 0.454 e. The first-order valence-electron chi connectivity index (χ1n) is 9.40. The van der Waals surface area contributed by atoms with Gasteiger partial charge in [-0.05, 0) is 72.0 Å². The van der Waals surface area contributed by atoms with Crippen LogP contribution < -0.4 is 10.5 Å². The molecule has 2 N–H and O–H groups in total. The van der Waals surface area contributed by atoms with Gasteiger partial charge in [0.1, 0.15) is 11.6 Å². The van der Waals surface area contributed by atoms with Gasteiger partial charge in [0.2, 0.25) is 0 Å². The average molecular weight is 431 g/mol. The monoisotopic (exact) mass is 430 g/mol. The smallest absolute Gasteiger partial charge is 0.164 e. The Kier molecular flexibility index (Phi) is 5.68. The number of halogens is 3. The predicted molar refractivity (Wildman–Crippen MR) is 116 cm³/mol. The first-order valence-corrected chi connectivity index (χ1v) is 10.2. The molecule has 0 aromatic heterocycles. The van der Waals surface area contributed by atoms with E-state index in [1.807, 2.05) is 25.1 Å². The van der Waals surface area contributed by atoms with E-state index in [2.05, 4.69) is 11.0 Å². The summed E-state index contributed by atoms with van der Waals surface area (Å²) in [5, 5.41) is 0.758. The van der Waals surface area contributed by atoms with Crippen molar-refractivity contribution < 1.29 is 9.13 Å². The van der Waals surface area contributed by atoms with E-state index in [4.69, 9.17) is 33.7 Å². The van der Waals surface area contributed by atoms with E-state index in [9.17, 15) is 4.39 Å². The molecule has 1 aliphatic heterocycles. The molecule has 1 aliphatic rings. The zero-order chi connectivity index (χ0) is 20.5. The number of anilines is 1. The molecule has 0 aliphatic carbocycles. The van der Waals surface area contributed by atoms with Crippen molar-refractivity contribution in [3.05, 3.63) is 86.6 Å². The Bertz CT molecular complexity index is 1050. The third-order valence-corrected chi connectivity index (χ3v) is 5.78. The standard InChI is InChI=1S/C23H21Cl2FN2O/c1-14-2-4-18(26)8-17(14)13-28-7-6-15-9-20(5-3-16(15)12-28)29-23-21(24)10-19(27)11-22(23)25/h2-5,8-11H,6-7,12-13,27H2,1H3. The summed E-state index contributed by atoms with van der Waals surface area (Å²) < 4.78 is 19.5. The minimum Gasteiger partial charge on any atom is -0.454 e. The van der Waals surface area contributed by atoms with Crippen molar-refractivity contribution in [1.29, 1.82) is 0 Å². The van der Waals surface area contributed by atoms with Crippen LogP contribution in [0.5, 0.6) is 11.5 Å². The predicted octanol–water partition coefficient (Wildman–Crippen LogP) is 6.37. The van der Waals surface area contributed by atoms with Crippen LogP contribution >= 0.6 is 23.2 Å². The molecule has 0 atom stereocenters. The number of rotatable bonds is 4. The van der Waals surface area contributed by atoms with Crippen LogP contribution in [0.4, 0.5) is 10.1 Å². The van der Waals surface area contributed by atoms with E-state index < -0.39 is 0 Å². The number of nitrogen functional groups attached to an aromatic ring is 1. The lowest BCUT2D eigenvalue weighted by Gasteiger charge is -2.29. The van der Waals surface area contributed by atoms with Gasteiger partial charge in [0.25, 0.3) is 0 Å². The van der Waals surface area contributed by atoms with Crippen molar-refractivity contribution in [1.82, 2.24) is 4.90 Å². The van der Waals surface area contributed by atoms with Crippen molar-refractivity contribution in [2.24, 2.45) is 0 Å². The zero-order valence-electron chi connectivity index (χ0n) is 16.0. The Morgan fingerprint density at radius 1 is 1.03 bits per heavy atom. The Morgan fingerprint density at radius 3 is 2.55 bits per heavy atom. The highest BCUT2D eigenvalue weighted by Crippen LogP contribution is 2.39. The number of hydrogen-bond acceptors (Lipinski definition) is 3. The normalized spacial score (nSPS) is 13.9. The molecule has 3 aromatic rings. The van der Waals surface area contributed by atoms with Gasteiger partial charge in [-0.1, -0.05) is 35.3 Å². The molecule has 150 valence electrons. The molecule has 6 heteroatoms. The Balaban J connectivity index is 1.49. The van der Waals surface area contributed by atoms with Crippen molar-refractivity contribution in [3.63, 3.8) is 0 Å². The van der Waals surface area contributed by atoms with E-state index in [1.54, 1.807) is 18.2 Å². The molecule has 0 unspecified atom stereocenters. The van der Waals surface area contributed by atoms with Crippen molar-refractivity contribution >= 4 is 28.9 Å². The van der Waals surface area contributed by atoms with E-state index in [0.29, 0.717) is 27.2 Å². The molecule has 0 amide bonds. The third-order valence-electron chi connectivity index (χ3n) is 5.21. The molecule has 3 nitrogen and oxygen atoms in total. The van der Waals surface area contributed by atoms with E-state index >= 15 is 0 Å². The highest BCUT2D eigenvalue weighted by molar-refractivity contribution is 6.37. The molecule has 4 rings (SSSR count). The van der Waals surface area contributed by atoms with Crippen LogP contribution in [-0.2, 0) is 19.5 Å². The van der Waals surface area contributed by atoms with Crippen LogP contribution in [0.15, 0.2) is 48.5 Å². The number of ether oxygens (including phenoxy) is 1. The van der Waals surface area contributed by atoms with Gasteiger partial charge < -0.3 is 10.5 Å². The first kappa shape index (κ1) is 20.0. The zero-order valence-corrected chi connectivity index (χ0v) is 17.5. The lowest BCUT2D eigenvalue weighted by molar-refractivity contribution is 0.244. The van der Waals surface area contributed by atoms with Gasteiger partial charge in [-0.3, -0.25) is 4.90 Å². The van der Waals surface area contributed by atoms with Gasteiger partial charge >= 0.3 is 0 Å². The Labute approximate surface area is 179 Å². The summed E-state index contributed by atoms with van der Waals surface area (Å²) in [6.07, 6.45) is 0.893. The van der Waals surface area contributed by atoms with Crippen LogP contribution in [0, 0.1) is 12.7 Å². The van der Waals surface area contributed by atoms with Gasteiger partial charge in [-0.15, -0.1) is 0 Å². The molecular weight excluding hydrogens is 410 g/mol. The number of nitrogens with zero attached hydrogens (tertiary/aromatic N) is 1. The summed E-state index contributed by atoms with van der Waals surface area (Å²) in [6.45, 7) is 4.46. The van der Waals surface area contributed by atoms with Crippen molar-refractivity contribution in [2.75, 3.05) is 12.3 Å². The maximum atomic E-state index is 13.6. The lowest BCUT2D eigenvalue weighted by atomic mass is 9.98. The minimum absolute atomic E-state index is 0.190. The number of fused-ring (bicyclic) bond motifs is 1. The molecule has 0 spiro atoms. The summed E-state index contributed by atoms with van der Waals surface area (Å²) in [7, 11) is 0. The fourth-order valence-corrected chi connectivity index (χ4v) is 4.21. The molecule has 29 heavy (non-hydrogen) atoms. The summed E-state index contributed by atoms with van der Waals surface area (Å²) >= 11 is 12.5. The van der Waals surface area contributed by atoms with Gasteiger partial charge in [0.15, 0.2) is 5.75 Å². The number of aryl methyl sites for hydroxylation is 1. The highest BCUT2D eigenvalue weighted by Gasteiger charge is 2.19. The number of benzene rings is 3. The van der Waals surface area contributed by atoms with Crippen molar-refractivity contribution in [3.8, 4) is 11.5 Å². The first-order chi connectivity index (χ1) is 13.9. The molecule has 1 heterocycles. The fourth-order valence-electron chi connectivity index (χ4n) is 3.63. The Morgan fingerprint density at radius 2 is 1.79 bits per heavy atom.